The van der Waals surface area contributed by atoms with Crippen molar-refractivity contribution in [2.45, 2.75) is 18.9 Å². The van der Waals surface area contributed by atoms with Gasteiger partial charge in [0.25, 0.3) is 0 Å². The number of hydrogen-bond donors (Lipinski definition) is 3. The minimum absolute atomic E-state index is 0.0312. The zero-order chi connectivity index (χ0) is 12.8. The maximum Gasteiger partial charge on any atom is 0.322 e. The van der Waals surface area contributed by atoms with E-state index in [1.807, 2.05) is 0 Å². The second-order valence-electron chi connectivity index (χ2n) is 3.87. The molecule has 0 bridgehead atoms. The van der Waals surface area contributed by atoms with Crippen LogP contribution in [0.2, 0.25) is 0 Å². The highest BCUT2D eigenvalue weighted by atomic mass is 16.5. The van der Waals surface area contributed by atoms with Gasteiger partial charge in [0, 0.05) is 13.0 Å². The summed E-state index contributed by atoms with van der Waals surface area (Å²) in [4.78, 5) is 32.6. The SMILES string of the molecule is N[C@@H](COCCNC(=O)[C@H]1CCC1=O)C(=O)O. The number of rotatable bonds is 7. The number of amides is 1. The molecule has 4 N–H and O–H groups in total. The van der Waals surface area contributed by atoms with Gasteiger partial charge in [-0.3, -0.25) is 14.4 Å². The van der Waals surface area contributed by atoms with Crippen LogP contribution in [0.1, 0.15) is 12.8 Å². The number of aliphatic carboxylic acids is 1. The smallest absolute Gasteiger partial charge is 0.322 e. The van der Waals surface area contributed by atoms with E-state index in [-0.39, 0.29) is 31.4 Å². The number of carbonyl (C=O) groups is 3. The van der Waals surface area contributed by atoms with Crippen LogP contribution < -0.4 is 11.1 Å². The van der Waals surface area contributed by atoms with Gasteiger partial charge in [-0.15, -0.1) is 0 Å². The molecule has 0 spiro atoms. The lowest BCUT2D eigenvalue weighted by Crippen LogP contribution is -2.42. The van der Waals surface area contributed by atoms with E-state index in [0.29, 0.717) is 12.8 Å². The average Bonchev–Trinajstić information content (AvgIpc) is 2.26. The molecule has 0 heterocycles. The number of ketones is 1. The quantitative estimate of drug-likeness (QED) is 0.371. The maximum atomic E-state index is 11.3. The Morgan fingerprint density at radius 2 is 2.29 bits per heavy atom. The predicted molar refractivity (Wildman–Crippen MR) is 57.2 cm³/mol. The molecule has 0 aromatic carbocycles. The molecule has 96 valence electrons. The van der Waals surface area contributed by atoms with Crippen LogP contribution in [-0.4, -0.2) is 48.6 Å². The molecule has 0 aliphatic heterocycles. The molecule has 7 nitrogen and oxygen atoms in total. The summed E-state index contributed by atoms with van der Waals surface area (Å²) in [6.07, 6.45) is 1.08. The highest BCUT2D eigenvalue weighted by molar-refractivity contribution is 6.05. The first kappa shape index (κ1) is 13.6. The number of nitrogens with two attached hydrogens (primary N) is 1. The van der Waals surface area contributed by atoms with Gasteiger partial charge in [-0.25, -0.2) is 0 Å². The van der Waals surface area contributed by atoms with Crippen molar-refractivity contribution in [1.82, 2.24) is 5.32 Å². The Kier molecular flexibility index (Phi) is 5.05. The Hall–Kier alpha value is -1.47. The van der Waals surface area contributed by atoms with E-state index >= 15 is 0 Å². The van der Waals surface area contributed by atoms with E-state index in [9.17, 15) is 14.4 Å². The fourth-order valence-electron chi connectivity index (χ4n) is 1.34. The summed E-state index contributed by atoms with van der Waals surface area (Å²) in [5, 5.41) is 11.0. The van der Waals surface area contributed by atoms with Gasteiger partial charge in [0.1, 0.15) is 11.8 Å². The van der Waals surface area contributed by atoms with Crippen LogP contribution in [0.5, 0.6) is 0 Å². The normalized spacial score (nSPS) is 20.5. The molecule has 1 rings (SSSR count). The number of ether oxygens (including phenoxy) is 1. The van der Waals surface area contributed by atoms with E-state index in [1.165, 1.54) is 0 Å². The van der Waals surface area contributed by atoms with Crippen molar-refractivity contribution in [3.63, 3.8) is 0 Å². The lowest BCUT2D eigenvalue weighted by Gasteiger charge is -2.22. The topological polar surface area (TPSA) is 119 Å². The highest BCUT2D eigenvalue weighted by Gasteiger charge is 2.34. The predicted octanol–water partition coefficient (Wildman–Crippen LogP) is -1.49. The molecular formula is C10H16N2O5. The van der Waals surface area contributed by atoms with Gasteiger partial charge in [-0.05, 0) is 6.42 Å². The standard InChI is InChI=1S/C10H16N2O5/c11-7(10(15)16)5-17-4-3-12-9(14)6-1-2-8(6)13/h6-7H,1-5,11H2,(H,12,14)(H,15,16)/t6-,7-/m0/s1. The van der Waals surface area contributed by atoms with Gasteiger partial charge in [0.2, 0.25) is 5.91 Å². The number of nitrogens with one attached hydrogen (secondary N) is 1. The summed E-state index contributed by atoms with van der Waals surface area (Å²) in [6.45, 7) is 0.316. The monoisotopic (exact) mass is 244 g/mol. The van der Waals surface area contributed by atoms with E-state index in [2.05, 4.69) is 5.32 Å². The molecule has 1 aliphatic rings. The lowest BCUT2D eigenvalue weighted by atomic mass is 9.83. The van der Waals surface area contributed by atoms with Crippen LogP contribution in [0.3, 0.4) is 0 Å². The molecule has 1 saturated carbocycles. The fraction of sp³-hybridized carbons (Fsp3) is 0.700. The van der Waals surface area contributed by atoms with Crippen molar-refractivity contribution in [1.29, 1.82) is 0 Å². The van der Waals surface area contributed by atoms with Gasteiger partial charge in [-0.1, -0.05) is 0 Å². The highest BCUT2D eigenvalue weighted by Crippen LogP contribution is 2.21. The number of carbonyl (C=O) groups excluding carboxylic acids is 2. The van der Waals surface area contributed by atoms with E-state index in [1.54, 1.807) is 0 Å². The molecule has 2 atom stereocenters. The van der Waals surface area contributed by atoms with Gasteiger partial charge in [0.05, 0.1) is 19.1 Å². The van der Waals surface area contributed by atoms with Gasteiger partial charge >= 0.3 is 5.97 Å². The van der Waals surface area contributed by atoms with Gasteiger partial charge < -0.3 is 20.9 Å². The number of carboxylic acids is 1. The number of carboxylic acid groups (broad SMARTS) is 1. The Balaban J connectivity index is 2.02. The molecule has 0 unspecified atom stereocenters. The third-order valence-corrected chi connectivity index (χ3v) is 2.54. The zero-order valence-corrected chi connectivity index (χ0v) is 9.35. The largest absolute Gasteiger partial charge is 0.480 e. The minimum Gasteiger partial charge on any atom is -0.480 e. The molecule has 1 fully saturated rings. The van der Waals surface area contributed by atoms with Gasteiger partial charge in [0.15, 0.2) is 0 Å². The summed E-state index contributed by atoms with van der Waals surface area (Å²) in [5.41, 5.74) is 5.20. The number of Topliss-reactive ketones (excluding diaryl/α,β-unsaturated/α-hetero) is 1. The van der Waals surface area contributed by atoms with Crippen molar-refractivity contribution in [3.8, 4) is 0 Å². The zero-order valence-electron chi connectivity index (χ0n) is 9.35. The van der Waals surface area contributed by atoms with Crippen molar-refractivity contribution < 1.29 is 24.2 Å². The van der Waals surface area contributed by atoms with E-state index < -0.39 is 17.9 Å². The maximum absolute atomic E-state index is 11.3. The second kappa shape index (κ2) is 6.31. The molecule has 0 aromatic rings. The average molecular weight is 244 g/mol. The van der Waals surface area contributed by atoms with Crippen LogP contribution in [-0.2, 0) is 19.1 Å². The Bertz CT molecular complexity index is 318. The van der Waals surface area contributed by atoms with Crippen molar-refractivity contribution >= 4 is 17.7 Å². The molecule has 0 radical (unpaired) electrons. The molecular weight excluding hydrogens is 228 g/mol. The molecule has 0 saturated heterocycles. The second-order valence-corrected chi connectivity index (χ2v) is 3.87. The first-order valence-corrected chi connectivity index (χ1v) is 5.39. The van der Waals surface area contributed by atoms with E-state index in [0.717, 1.165) is 0 Å². The molecule has 1 amide bonds. The van der Waals surface area contributed by atoms with Crippen molar-refractivity contribution in [3.05, 3.63) is 0 Å². The third-order valence-electron chi connectivity index (χ3n) is 2.54. The van der Waals surface area contributed by atoms with E-state index in [4.69, 9.17) is 15.6 Å². The Labute approximate surface area is 98.3 Å². The molecule has 0 aromatic heterocycles. The first-order valence-electron chi connectivity index (χ1n) is 5.39. The first-order chi connectivity index (χ1) is 8.02. The minimum atomic E-state index is -1.13. The van der Waals surface area contributed by atoms with Crippen molar-refractivity contribution in [2.24, 2.45) is 11.7 Å². The fourth-order valence-corrected chi connectivity index (χ4v) is 1.34. The summed E-state index contributed by atoms with van der Waals surface area (Å²) in [7, 11) is 0. The summed E-state index contributed by atoms with van der Waals surface area (Å²) in [6, 6.07) is -1.06. The Morgan fingerprint density at radius 3 is 2.76 bits per heavy atom. The molecule has 7 heteroatoms. The summed E-state index contributed by atoms with van der Waals surface area (Å²) < 4.78 is 4.96. The molecule has 17 heavy (non-hydrogen) atoms. The molecule has 1 aliphatic carbocycles. The lowest BCUT2D eigenvalue weighted by molar-refractivity contribution is -0.141. The van der Waals surface area contributed by atoms with Crippen LogP contribution >= 0.6 is 0 Å². The van der Waals surface area contributed by atoms with Crippen LogP contribution in [0.15, 0.2) is 0 Å². The van der Waals surface area contributed by atoms with Crippen LogP contribution in [0, 0.1) is 5.92 Å². The third kappa shape index (κ3) is 4.12. The van der Waals surface area contributed by atoms with Crippen LogP contribution in [0.25, 0.3) is 0 Å². The van der Waals surface area contributed by atoms with Crippen molar-refractivity contribution in [2.75, 3.05) is 19.8 Å². The summed E-state index contributed by atoms with van der Waals surface area (Å²) in [5.74, 6) is -1.95. The van der Waals surface area contributed by atoms with Gasteiger partial charge in [-0.2, -0.15) is 0 Å². The number of hydrogen-bond acceptors (Lipinski definition) is 5. The summed E-state index contributed by atoms with van der Waals surface area (Å²) >= 11 is 0. The Morgan fingerprint density at radius 1 is 1.59 bits per heavy atom. The van der Waals surface area contributed by atoms with Crippen LogP contribution in [0.4, 0.5) is 0 Å².